The van der Waals surface area contributed by atoms with Crippen LogP contribution in [0.3, 0.4) is 0 Å². The van der Waals surface area contributed by atoms with Crippen molar-refractivity contribution in [2.75, 3.05) is 6.54 Å². The van der Waals surface area contributed by atoms with Crippen molar-refractivity contribution in [3.63, 3.8) is 0 Å². The molecule has 0 aromatic carbocycles. The molecule has 0 N–H and O–H groups in total. The van der Waals surface area contributed by atoms with Crippen LogP contribution in [0.5, 0.6) is 0 Å². The van der Waals surface area contributed by atoms with Crippen molar-refractivity contribution < 1.29 is 4.79 Å². The topological polar surface area (TPSA) is 20.3 Å². The highest BCUT2D eigenvalue weighted by molar-refractivity contribution is 5.78. The summed E-state index contributed by atoms with van der Waals surface area (Å²) in [5, 5.41) is 0. The molecule has 1 aliphatic heterocycles. The van der Waals surface area contributed by atoms with Crippen LogP contribution in [0.1, 0.15) is 73.6 Å². The van der Waals surface area contributed by atoms with Gasteiger partial charge in [-0.05, 0) is 57.9 Å². The molecule has 1 unspecified atom stereocenters. The predicted molar refractivity (Wildman–Crippen MR) is 93.3 cm³/mol. The Morgan fingerprint density at radius 2 is 1.90 bits per heavy atom. The third-order valence-electron chi connectivity index (χ3n) is 3.93. The van der Waals surface area contributed by atoms with E-state index in [0.29, 0.717) is 17.7 Å². The fourth-order valence-electron chi connectivity index (χ4n) is 2.32. The normalized spacial score (nSPS) is 22.1. The molecule has 0 aromatic heterocycles. The first-order chi connectivity index (χ1) is 10.0. The highest BCUT2D eigenvalue weighted by Gasteiger charge is 2.20. The fraction of sp³-hybridized carbons (Fsp3) is 0.737. The minimum atomic E-state index is 0.381. The van der Waals surface area contributed by atoms with E-state index in [1.165, 1.54) is 31.4 Å². The summed E-state index contributed by atoms with van der Waals surface area (Å²) in [6.07, 6.45) is 12.6. The van der Waals surface area contributed by atoms with Crippen LogP contribution in [0.15, 0.2) is 23.9 Å². The quantitative estimate of drug-likeness (QED) is 0.699. The zero-order chi connectivity index (χ0) is 16.3. The van der Waals surface area contributed by atoms with Crippen LogP contribution >= 0.6 is 0 Å². The van der Waals surface area contributed by atoms with E-state index in [4.69, 9.17) is 0 Å². The number of Topliss-reactive ketones (excluding diaryl/α,β-unsaturated/α-hetero) is 1. The molecule has 0 saturated heterocycles. The Bertz CT molecular complexity index is 339. The largest absolute Gasteiger partial charge is 0.371 e. The maximum Gasteiger partial charge on any atom is 0.132 e. The minimum absolute atomic E-state index is 0.381. The van der Waals surface area contributed by atoms with Gasteiger partial charge in [-0.2, -0.15) is 0 Å². The minimum Gasteiger partial charge on any atom is -0.371 e. The van der Waals surface area contributed by atoms with Crippen molar-refractivity contribution in [2.24, 2.45) is 5.92 Å². The van der Waals surface area contributed by atoms with Crippen LogP contribution in [0, 0.1) is 5.92 Å². The highest BCUT2D eigenvalue weighted by atomic mass is 16.1. The van der Waals surface area contributed by atoms with Gasteiger partial charge in [-0.1, -0.05) is 39.7 Å². The molecule has 1 fully saturated rings. The van der Waals surface area contributed by atoms with E-state index in [1.807, 2.05) is 0 Å². The van der Waals surface area contributed by atoms with Gasteiger partial charge >= 0.3 is 0 Å². The van der Waals surface area contributed by atoms with Gasteiger partial charge in [0.1, 0.15) is 5.78 Å². The van der Waals surface area contributed by atoms with Gasteiger partial charge in [-0.25, -0.2) is 0 Å². The van der Waals surface area contributed by atoms with Gasteiger partial charge in [0.15, 0.2) is 0 Å². The number of hydrogen-bond acceptors (Lipinski definition) is 2. The second-order valence-electron chi connectivity index (χ2n) is 5.96. The van der Waals surface area contributed by atoms with E-state index in [0.717, 1.165) is 12.8 Å². The highest BCUT2D eigenvalue weighted by Crippen LogP contribution is 2.26. The zero-order valence-electron chi connectivity index (χ0n) is 15.0. The molecule has 2 rings (SSSR count). The van der Waals surface area contributed by atoms with E-state index in [-0.39, 0.29) is 0 Å². The molecule has 1 aliphatic carbocycles. The molecule has 122 valence electrons. The Morgan fingerprint density at radius 3 is 2.14 bits per heavy atom. The van der Waals surface area contributed by atoms with Gasteiger partial charge in [0, 0.05) is 12.5 Å². The Balaban J connectivity index is 0.000000342. The molecule has 2 nitrogen and oxygen atoms in total. The summed E-state index contributed by atoms with van der Waals surface area (Å²) in [7, 11) is 0. The Kier molecular flexibility index (Phi) is 11.0. The molecular formula is C19H35NO. The first-order valence-electron chi connectivity index (χ1n) is 8.62. The van der Waals surface area contributed by atoms with Crippen molar-refractivity contribution in [1.82, 2.24) is 4.90 Å². The maximum absolute atomic E-state index is 10.4. The van der Waals surface area contributed by atoms with Gasteiger partial charge in [0.05, 0.1) is 6.04 Å². The molecule has 0 spiro atoms. The number of hydrogen-bond donors (Lipinski definition) is 0. The molecule has 0 bridgehead atoms. The lowest BCUT2D eigenvalue weighted by Gasteiger charge is -2.22. The van der Waals surface area contributed by atoms with Gasteiger partial charge in [0.2, 0.25) is 0 Å². The van der Waals surface area contributed by atoms with E-state index in [1.54, 1.807) is 6.92 Å². The molecule has 1 heterocycles. The van der Waals surface area contributed by atoms with Gasteiger partial charge in [-0.3, -0.25) is 4.79 Å². The summed E-state index contributed by atoms with van der Waals surface area (Å²) >= 11 is 0. The molecule has 0 aromatic rings. The summed E-state index contributed by atoms with van der Waals surface area (Å²) < 4.78 is 0. The summed E-state index contributed by atoms with van der Waals surface area (Å²) in [6.45, 7) is 13.7. The summed E-state index contributed by atoms with van der Waals surface area (Å²) in [6, 6.07) is 0.597. The summed E-state index contributed by atoms with van der Waals surface area (Å²) in [5.41, 5.74) is 1.44. The van der Waals surface area contributed by atoms with Crippen molar-refractivity contribution in [2.45, 2.75) is 79.7 Å². The lowest BCUT2D eigenvalue weighted by atomic mass is 9.83. The molecule has 2 aliphatic rings. The molecule has 1 atom stereocenters. The maximum atomic E-state index is 10.4. The van der Waals surface area contributed by atoms with Gasteiger partial charge in [0.25, 0.3) is 0 Å². The first kappa shape index (κ1) is 19.9. The van der Waals surface area contributed by atoms with Crippen LogP contribution in [-0.2, 0) is 4.79 Å². The Labute approximate surface area is 132 Å². The lowest BCUT2D eigenvalue weighted by molar-refractivity contribution is -0.122. The van der Waals surface area contributed by atoms with Crippen LogP contribution < -0.4 is 0 Å². The predicted octanol–water partition coefficient (Wildman–Crippen LogP) is 5.35. The van der Waals surface area contributed by atoms with E-state index < -0.39 is 0 Å². The number of carbonyl (C=O) groups excluding carboxylic acids is 1. The van der Waals surface area contributed by atoms with Crippen molar-refractivity contribution in [3.05, 3.63) is 23.9 Å². The van der Waals surface area contributed by atoms with Crippen molar-refractivity contribution in [1.29, 1.82) is 0 Å². The van der Waals surface area contributed by atoms with Gasteiger partial charge in [-0.15, -0.1) is 0 Å². The molecule has 21 heavy (non-hydrogen) atoms. The Hall–Kier alpha value is -1.05. The standard InChI is InChI=1S/C10H17N.C6H10O.C3H8/c1-4-7-11-8-6-10(5-2)9(11)3;1-5(7)6-3-2-4-6;1-3-2/h5-6,8-9H,4,7H2,1-3H3;6H,2-4H2,1H3;3H2,1-2H3/b10-5-;;. The lowest BCUT2D eigenvalue weighted by Crippen LogP contribution is -2.25. The van der Waals surface area contributed by atoms with E-state index in [2.05, 4.69) is 57.9 Å². The van der Waals surface area contributed by atoms with E-state index >= 15 is 0 Å². The molecule has 0 radical (unpaired) electrons. The number of ketones is 1. The molecule has 2 heteroatoms. The number of rotatable bonds is 3. The van der Waals surface area contributed by atoms with Crippen LogP contribution in [0.4, 0.5) is 0 Å². The zero-order valence-corrected chi connectivity index (χ0v) is 15.0. The Morgan fingerprint density at radius 1 is 1.33 bits per heavy atom. The molecular weight excluding hydrogens is 258 g/mol. The smallest absolute Gasteiger partial charge is 0.132 e. The number of carbonyl (C=O) groups is 1. The summed E-state index contributed by atoms with van der Waals surface area (Å²) in [5.74, 6) is 0.825. The van der Waals surface area contributed by atoms with Crippen LogP contribution in [0.2, 0.25) is 0 Å². The second-order valence-corrected chi connectivity index (χ2v) is 5.96. The molecule has 1 saturated carbocycles. The average Bonchev–Trinajstić information content (AvgIpc) is 2.70. The van der Waals surface area contributed by atoms with Crippen molar-refractivity contribution in [3.8, 4) is 0 Å². The first-order valence-corrected chi connectivity index (χ1v) is 8.62. The van der Waals surface area contributed by atoms with Crippen molar-refractivity contribution >= 4 is 5.78 Å². The monoisotopic (exact) mass is 293 g/mol. The van der Waals surface area contributed by atoms with Gasteiger partial charge < -0.3 is 4.90 Å². The van der Waals surface area contributed by atoms with Crippen LogP contribution in [-0.4, -0.2) is 23.3 Å². The number of allylic oxidation sites excluding steroid dienone is 1. The van der Waals surface area contributed by atoms with Crippen LogP contribution in [0.25, 0.3) is 0 Å². The third-order valence-corrected chi connectivity index (χ3v) is 3.93. The van der Waals surface area contributed by atoms with E-state index in [9.17, 15) is 4.79 Å². The number of nitrogens with zero attached hydrogens (tertiary/aromatic N) is 1. The molecule has 0 amide bonds. The SMILES string of the molecule is C/C=C1/C=CN(CCC)C1C.CC(=O)C1CCC1.CCC. The summed E-state index contributed by atoms with van der Waals surface area (Å²) in [4.78, 5) is 12.8. The average molecular weight is 293 g/mol. The fourth-order valence-corrected chi connectivity index (χ4v) is 2.32. The third kappa shape index (κ3) is 7.50. The second kappa shape index (κ2) is 11.6.